The van der Waals surface area contributed by atoms with Crippen molar-refractivity contribution in [1.29, 1.82) is 0 Å². The molecule has 0 spiro atoms. The minimum absolute atomic E-state index is 0.0716. The summed E-state index contributed by atoms with van der Waals surface area (Å²) in [5.41, 5.74) is 7.91. The van der Waals surface area contributed by atoms with Crippen LogP contribution >= 0.6 is 0 Å². The molecule has 1 aliphatic carbocycles. The van der Waals surface area contributed by atoms with Crippen molar-refractivity contribution < 1.29 is 4.39 Å². The fourth-order valence-electron chi connectivity index (χ4n) is 2.32. The van der Waals surface area contributed by atoms with E-state index in [9.17, 15) is 4.39 Å². The molecule has 0 aromatic heterocycles. The van der Waals surface area contributed by atoms with Crippen molar-refractivity contribution in [3.8, 4) is 0 Å². The van der Waals surface area contributed by atoms with Crippen molar-refractivity contribution in [2.45, 2.75) is 32.0 Å². The maximum absolute atomic E-state index is 13.5. The van der Waals surface area contributed by atoms with E-state index in [1.807, 2.05) is 6.07 Å². The predicted octanol–water partition coefficient (Wildman–Crippen LogP) is 1.47. The SMILES string of the molecule is C[SiH](C)c1ccc(F)c2c1CC[C@H]2N. The Bertz CT molecular complexity index is 363. The first kappa shape index (κ1) is 9.87. The smallest absolute Gasteiger partial charge is 0.128 e. The molecule has 3 heteroatoms. The summed E-state index contributed by atoms with van der Waals surface area (Å²) in [5, 5.41) is 1.40. The summed E-state index contributed by atoms with van der Waals surface area (Å²) in [6.45, 7) is 4.55. The van der Waals surface area contributed by atoms with Crippen LogP contribution in [-0.2, 0) is 6.42 Å². The summed E-state index contributed by atoms with van der Waals surface area (Å²) in [5.74, 6) is -0.108. The maximum atomic E-state index is 13.5. The molecule has 0 aliphatic heterocycles. The van der Waals surface area contributed by atoms with Gasteiger partial charge in [0.2, 0.25) is 0 Å². The molecule has 2 rings (SSSR count). The topological polar surface area (TPSA) is 26.0 Å². The van der Waals surface area contributed by atoms with Crippen LogP contribution in [0.25, 0.3) is 0 Å². The average Bonchev–Trinajstić information content (AvgIpc) is 2.49. The van der Waals surface area contributed by atoms with Gasteiger partial charge in [-0.2, -0.15) is 0 Å². The second-order valence-corrected chi connectivity index (χ2v) is 7.26. The molecule has 0 bridgehead atoms. The van der Waals surface area contributed by atoms with Crippen molar-refractivity contribution >= 4 is 14.0 Å². The van der Waals surface area contributed by atoms with E-state index in [0.29, 0.717) is 0 Å². The first-order valence-corrected chi connectivity index (χ1v) is 8.06. The first-order valence-electron chi connectivity index (χ1n) is 5.18. The zero-order chi connectivity index (χ0) is 10.3. The highest BCUT2D eigenvalue weighted by atomic mass is 28.3. The number of nitrogens with two attached hydrogens (primary N) is 1. The van der Waals surface area contributed by atoms with Crippen LogP contribution in [0.4, 0.5) is 4.39 Å². The Morgan fingerprint density at radius 2 is 2.14 bits per heavy atom. The average molecular weight is 209 g/mol. The summed E-state index contributed by atoms with van der Waals surface area (Å²) >= 11 is 0. The van der Waals surface area contributed by atoms with Gasteiger partial charge < -0.3 is 5.73 Å². The van der Waals surface area contributed by atoms with Gasteiger partial charge in [-0.1, -0.05) is 24.3 Å². The Morgan fingerprint density at radius 1 is 1.43 bits per heavy atom. The van der Waals surface area contributed by atoms with E-state index in [2.05, 4.69) is 13.1 Å². The highest BCUT2D eigenvalue weighted by Gasteiger charge is 2.25. The van der Waals surface area contributed by atoms with E-state index in [1.54, 1.807) is 6.07 Å². The van der Waals surface area contributed by atoms with Gasteiger partial charge in [0.1, 0.15) is 5.82 Å². The van der Waals surface area contributed by atoms with Crippen molar-refractivity contribution in [3.05, 3.63) is 29.1 Å². The van der Waals surface area contributed by atoms with Gasteiger partial charge in [0.25, 0.3) is 0 Å². The van der Waals surface area contributed by atoms with Crippen LogP contribution in [0.2, 0.25) is 13.1 Å². The van der Waals surface area contributed by atoms with Crippen molar-refractivity contribution in [3.63, 3.8) is 0 Å². The monoisotopic (exact) mass is 209 g/mol. The molecule has 76 valence electrons. The van der Waals surface area contributed by atoms with Gasteiger partial charge in [-0.3, -0.25) is 0 Å². The normalized spacial score (nSPS) is 20.2. The van der Waals surface area contributed by atoms with Crippen molar-refractivity contribution in [2.75, 3.05) is 0 Å². The lowest BCUT2D eigenvalue weighted by Gasteiger charge is -2.12. The Balaban J connectivity index is 2.59. The molecule has 0 saturated heterocycles. The lowest BCUT2D eigenvalue weighted by molar-refractivity contribution is 0.589. The lowest BCUT2D eigenvalue weighted by Crippen LogP contribution is -2.27. The Kier molecular flexibility index (Phi) is 2.45. The molecule has 1 aromatic carbocycles. The number of rotatable bonds is 1. The zero-order valence-corrected chi connectivity index (χ0v) is 9.83. The van der Waals surface area contributed by atoms with Crippen LogP contribution in [0, 0.1) is 5.82 Å². The summed E-state index contributed by atoms with van der Waals surface area (Å²) in [6.07, 6.45) is 1.87. The summed E-state index contributed by atoms with van der Waals surface area (Å²) in [6, 6.07) is 3.48. The summed E-state index contributed by atoms with van der Waals surface area (Å²) in [4.78, 5) is 0. The fourth-order valence-corrected chi connectivity index (χ4v) is 3.80. The number of hydrogen-bond donors (Lipinski definition) is 1. The largest absolute Gasteiger partial charge is 0.324 e. The van der Waals surface area contributed by atoms with Crippen molar-refractivity contribution in [2.24, 2.45) is 5.73 Å². The summed E-state index contributed by atoms with van der Waals surface area (Å²) < 4.78 is 13.5. The van der Waals surface area contributed by atoms with E-state index in [1.165, 1.54) is 10.8 Å². The Morgan fingerprint density at radius 3 is 2.79 bits per heavy atom. The second kappa shape index (κ2) is 3.48. The van der Waals surface area contributed by atoms with Gasteiger partial charge in [0.05, 0.1) is 8.80 Å². The molecule has 0 unspecified atom stereocenters. The summed E-state index contributed by atoms with van der Waals surface area (Å²) in [7, 11) is -0.844. The molecular weight excluding hydrogens is 193 g/mol. The van der Waals surface area contributed by atoms with Gasteiger partial charge in [-0.05, 0) is 24.5 Å². The minimum Gasteiger partial charge on any atom is -0.324 e. The molecule has 1 aromatic rings. The molecule has 0 saturated carbocycles. The molecule has 1 aliphatic rings. The van der Waals surface area contributed by atoms with E-state index < -0.39 is 8.80 Å². The van der Waals surface area contributed by atoms with Gasteiger partial charge in [-0.15, -0.1) is 0 Å². The second-order valence-electron chi connectivity index (χ2n) is 4.33. The van der Waals surface area contributed by atoms with Crippen LogP contribution in [0.1, 0.15) is 23.6 Å². The number of benzene rings is 1. The van der Waals surface area contributed by atoms with Gasteiger partial charge >= 0.3 is 0 Å². The highest BCUT2D eigenvalue weighted by molar-refractivity contribution is 6.71. The van der Waals surface area contributed by atoms with Crippen molar-refractivity contribution in [1.82, 2.24) is 0 Å². The molecule has 14 heavy (non-hydrogen) atoms. The molecule has 0 fully saturated rings. The molecule has 1 atom stereocenters. The number of fused-ring (bicyclic) bond motifs is 1. The standard InChI is InChI=1S/C11H16FNSi/c1-14(2)10-6-4-8(12)11-7(10)3-5-9(11)13/h4,6,9,14H,3,5,13H2,1-2H3/t9-/m1/s1. The third-order valence-corrected chi connectivity index (χ3v) is 4.82. The Hall–Kier alpha value is -0.673. The van der Waals surface area contributed by atoms with Gasteiger partial charge in [0, 0.05) is 11.6 Å². The fraction of sp³-hybridized carbons (Fsp3) is 0.455. The van der Waals surface area contributed by atoms with Crippen LogP contribution in [0.5, 0.6) is 0 Å². The third kappa shape index (κ3) is 1.40. The van der Waals surface area contributed by atoms with E-state index in [4.69, 9.17) is 5.73 Å². The molecule has 2 N–H and O–H groups in total. The lowest BCUT2D eigenvalue weighted by atomic mass is 10.1. The molecule has 1 nitrogen and oxygen atoms in total. The van der Waals surface area contributed by atoms with Crippen LogP contribution in [0.15, 0.2) is 12.1 Å². The third-order valence-electron chi connectivity index (χ3n) is 3.04. The molecule has 0 amide bonds. The number of hydrogen-bond acceptors (Lipinski definition) is 1. The van der Waals surface area contributed by atoms with Crippen LogP contribution in [-0.4, -0.2) is 8.80 Å². The molecule has 0 heterocycles. The van der Waals surface area contributed by atoms with E-state index >= 15 is 0 Å². The van der Waals surface area contributed by atoms with Crippen LogP contribution in [0.3, 0.4) is 0 Å². The Labute approximate surface area is 85.7 Å². The van der Waals surface area contributed by atoms with Crippen LogP contribution < -0.4 is 10.9 Å². The van der Waals surface area contributed by atoms with E-state index in [0.717, 1.165) is 18.4 Å². The maximum Gasteiger partial charge on any atom is 0.128 e. The predicted molar refractivity (Wildman–Crippen MR) is 60.2 cm³/mol. The van der Waals surface area contributed by atoms with E-state index in [-0.39, 0.29) is 11.9 Å². The minimum atomic E-state index is -0.844. The molecular formula is C11H16FNSi. The quantitative estimate of drug-likeness (QED) is 0.696. The molecule has 0 radical (unpaired) electrons. The first-order chi connectivity index (χ1) is 6.61. The highest BCUT2D eigenvalue weighted by Crippen LogP contribution is 2.30. The van der Waals surface area contributed by atoms with Gasteiger partial charge in [0.15, 0.2) is 0 Å². The van der Waals surface area contributed by atoms with Gasteiger partial charge in [-0.25, -0.2) is 4.39 Å². The zero-order valence-electron chi connectivity index (χ0n) is 8.68. The number of halogens is 1.